The molecule has 0 aliphatic heterocycles. The minimum atomic E-state index is 0.0858. The molecule has 5 heteroatoms. The van der Waals surface area contributed by atoms with Gasteiger partial charge in [-0.2, -0.15) is 5.10 Å². The lowest BCUT2D eigenvalue weighted by Gasteiger charge is -2.18. The average molecular weight is 261 g/mol. The van der Waals surface area contributed by atoms with Gasteiger partial charge < -0.3 is 9.88 Å². The summed E-state index contributed by atoms with van der Waals surface area (Å²) in [7, 11) is 1.97. The number of nitrogens with one attached hydrogen (secondary N) is 1. The highest BCUT2D eigenvalue weighted by atomic mass is 15.3. The Bertz CT molecular complexity index is 526. The van der Waals surface area contributed by atoms with Gasteiger partial charge >= 0.3 is 0 Å². The van der Waals surface area contributed by atoms with Crippen molar-refractivity contribution < 1.29 is 0 Å². The Kier molecular flexibility index (Phi) is 4.37. The van der Waals surface area contributed by atoms with Crippen LogP contribution in [0.1, 0.15) is 43.5 Å². The van der Waals surface area contributed by atoms with Crippen LogP contribution in [-0.4, -0.2) is 26.4 Å². The number of hydrogen-bond donors (Lipinski definition) is 1. The zero-order valence-corrected chi connectivity index (χ0v) is 12.2. The molecule has 0 saturated carbocycles. The third kappa shape index (κ3) is 2.71. The molecule has 2 aromatic heterocycles. The molecule has 104 valence electrons. The highest BCUT2D eigenvalue weighted by molar-refractivity contribution is 5.21. The van der Waals surface area contributed by atoms with E-state index in [-0.39, 0.29) is 6.04 Å². The lowest BCUT2D eigenvalue weighted by molar-refractivity contribution is 0.517. The molecular weight excluding hydrogens is 238 g/mol. The summed E-state index contributed by atoms with van der Waals surface area (Å²) in [4.78, 5) is 4.53. The predicted molar refractivity (Wildman–Crippen MR) is 76.1 cm³/mol. The fraction of sp³-hybridized carbons (Fsp3) is 0.571. The third-order valence-corrected chi connectivity index (χ3v) is 3.29. The number of nitrogens with zero attached hydrogens (tertiary/aromatic N) is 4. The zero-order chi connectivity index (χ0) is 13.8. The van der Waals surface area contributed by atoms with Crippen molar-refractivity contribution in [2.45, 2.75) is 46.3 Å². The first-order valence-corrected chi connectivity index (χ1v) is 6.93. The summed E-state index contributed by atoms with van der Waals surface area (Å²) >= 11 is 0. The number of aromatic nitrogens is 4. The SMILES string of the molecule is CCCn1ccnc1C(NC)c1cc(C)nn1CC. The molecule has 5 nitrogen and oxygen atoms in total. The summed E-state index contributed by atoms with van der Waals surface area (Å²) in [6.07, 6.45) is 5.02. The smallest absolute Gasteiger partial charge is 0.132 e. The van der Waals surface area contributed by atoms with E-state index in [1.807, 2.05) is 31.0 Å². The summed E-state index contributed by atoms with van der Waals surface area (Å²) in [6.45, 7) is 8.18. The fourth-order valence-corrected chi connectivity index (χ4v) is 2.47. The Balaban J connectivity index is 2.40. The van der Waals surface area contributed by atoms with Gasteiger partial charge in [-0.05, 0) is 33.4 Å². The molecule has 1 N–H and O–H groups in total. The highest BCUT2D eigenvalue weighted by Crippen LogP contribution is 2.21. The van der Waals surface area contributed by atoms with Crippen LogP contribution in [0.3, 0.4) is 0 Å². The van der Waals surface area contributed by atoms with Crippen molar-refractivity contribution in [1.82, 2.24) is 24.6 Å². The van der Waals surface area contributed by atoms with E-state index < -0.39 is 0 Å². The maximum atomic E-state index is 4.53. The summed E-state index contributed by atoms with van der Waals surface area (Å²) in [5, 5.41) is 7.89. The van der Waals surface area contributed by atoms with Crippen molar-refractivity contribution in [2.75, 3.05) is 7.05 Å². The van der Waals surface area contributed by atoms with Gasteiger partial charge in [0.15, 0.2) is 0 Å². The molecule has 2 rings (SSSR count). The topological polar surface area (TPSA) is 47.7 Å². The van der Waals surface area contributed by atoms with E-state index in [4.69, 9.17) is 0 Å². The van der Waals surface area contributed by atoms with Crippen LogP contribution in [-0.2, 0) is 13.1 Å². The van der Waals surface area contributed by atoms with Crippen molar-refractivity contribution in [3.05, 3.63) is 35.7 Å². The Morgan fingerprint density at radius 3 is 2.79 bits per heavy atom. The molecule has 0 spiro atoms. The van der Waals surface area contributed by atoms with Gasteiger partial charge in [-0.15, -0.1) is 0 Å². The van der Waals surface area contributed by atoms with E-state index in [1.54, 1.807) is 0 Å². The van der Waals surface area contributed by atoms with Gasteiger partial charge in [0, 0.05) is 25.5 Å². The average Bonchev–Trinajstić information content (AvgIpc) is 2.99. The minimum Gasteiger partial charge on any atom is -0.333 e. The molecule has 2 heterocycles. The standard InChI is InChI=1S/C14H23N5/c1-5-8-18-9-7-16-14(18)13(15-4)12-10-11(3)17-19(12)6-2/h7,9-10,13,15H,5-6,8H2,1-4H3. The van der Waals surface area contributed by atoms with Crippen LogP contribution in [0.5, 0.6) is 0 Å². The molecule has 0 amide bonds. The molecule has 0 aliphatic rings. The minimum absolute atomic E-state index is 0.0858. The van der Waals surface area contributed by atoms with Crippen molar-refractivity contribution in [3.63, 3.8) is 0 Å². The molecule has 0 aliphatic carbocycles. The molecule has 0 radical (unpaired) electrons. The molecular formula is C14H23N5. The van der Waals surface area contributed by atoms with E-state index in [2.05, 4.69) is 39.9 Å². The van der Waals surface area contributed by atoms with Gasteiger partial charge in [-0.1, -0.05) is 6.92 Å². The van der Waals surface area contributed by atoms with Gasteiger partial charge in [-0.3, -0.25) is 4.68 Å². The summed E-state index contributed by atoms with van der Waals surface area (Å²) in [6, 6.07) is 2.22. The van der Waals surface area contributed by atoms with Crippen LogP contribution < -0.4 is 5.32 Å². The first-order valence-electron chi connectivity index (χ1n) is 6.93. The largest absolute Gasteiger partial charge is 0.333 e. The summed E-state index contributed by atoms with van der Waals surface area (Å²) < 4.78 is 4.25. The normalized spacial score (nSPS) is 12.8. The summed E-state index contributed by atoms with van der Waals surface area (Å²) in [5.74, 6) is 1.05. The lowest BCUT2D eigenvalue weighted by atomic mass is 10.1. The van der Waals surface area contributed by atoms with Gasteiger partial charge in [-0.25, -0.2) is 4.98 Å². The zero-order valence-electron chi connectivity index (χ0n) is 12.2. The van der Waals surface area contributed by atoms with E-state index >= 15 is 0 Å². The maximum absolute atomic E-state index is 4.53. The van der Waals surface area contributed by atoms with Crippen LogP contribution >= 0.6 is 0 Å². The van der Waals surface area contributed by atoms with Crippen molar-refractivity contribution in [1.29, 1.82) is 0 Å². The molecule has 19 heavy (non-hydrogen) atoms. The number of aryl methyl sites for hydroxylation is 3. The van der Waals surface area contributed by atoms with Crippen LogP contribution in [0, 0.1) is 6.92 Å². The fourth-order valence-electron chi connectivity index (χ4n) is 2.47. The molecule has 0 fully saturated rings. The maximum Gasteiger partial charge on any atom is 0.132 e. The lowest BCUT2D eigenvalue weighted by Crippen LogP contribution is -2.24. The van der Waals surface area contributed by atoms with Crippen LogP contribution in [0.25, 0.3) is 0 Å². The van der Waals surface area contributed by atoms with Crippen molar-refractivity contribution in [3.8, 4) is 0 Å². The van der Waals surface area contributed by atoms with Crippen molar-refractivity contribution in [2.24, 2.45) is 0 Å². The third-order valence-electron chi connectivity index (χ3n) is 3.29. The van der Waals surface area contributed by atoms with Gasteiger partial charge in [0.05, 0.1) is 11.4 Å². The number of imidazole rings is 1. The molecule has 1 atom stereocenters. The Morgan fingerprint density at radius 2 is 2.16 bits per heavy atom. The monoisotopic (exact) mass is 261 g/mol. The number of rotatable bonds is 6. The van der Waals surface area contributed by atoms with Crippen LogP contribution in [0.4, 0.5) is 0 Å². The van der Waals surface area contributed by atoms with E-state index in [1.165, 1.54) is 5.69 Å². The molecule has 0 saturated heterocycles. The Hall–Kier alpha value is -1.62. The van der Waals surface area contributed by atoms with Gasteiger partial charge in [0.25, 0.3) is 0 Å². The first kappa shape index (κ1) is 13.8. The predicted octanol–water partition coefficient (Wildman–Crippen LogP) is 2.13. The van der Waals surface area contributed by atoms with Gasteiger partial charge in [0.2, 0.25) is 0 Å². The Labute approximate surface area is 114 Å². The molecule has 2 aromatic rings. The quantitative estimate of drug-likeness (QED) is 0.866. The van der Waals surface area contributed by atoms with E-state index in [9.17, 15) is 0 Å². The van der Waals surface area contributed by atoms with E-state index in [0.29, 0.717) is 0 Å². The second-order valence-corrected chi connectivity index (χ2v) is 4.73. The van der Waals surface area contributed by atoms with Crippen LogP contribution in [0.15, 0.2) is 18.5 Å². The Morgan fingerprint density at radius 1 is 1.37 bits per heavy atom. The molecule has 1 unspecified atom stereocenters. The molecule has 0 aromatic carbocycles. The van der Waals surface area contributed by atoms with Gasteiger partial charge in [0.1, 0.15) is 11.9 Å². The highest BCUT2D eigenvalue weighted by Gasteiger charge is 2.21. The molecule has 0 bridgehead atoms. The number of hydrogen-bond acceptors (Lipinski definition) is 3. The van der Waals surface area contributed by atoms with E-state index in [0.717, 1.165) is 31.0 Å². The second-order valence-electron chi connectivity index (χ2n) is 4.73. The summed E-state index contributed by atoms with van der Waals surface area (Å²) in [5.41, 5.74) is 2.22. The second kappa shape index (κ2) is 6.02. The van der Waals surface area contributed by atoms with Crippen LogP contribution in [0.2, 0.25) is 0 Å². The first-order chi connectivity index (χ1) is 9.21. The van der Waals surface area contributed by atoms with Crippen molar-refractivity contribution >= 4 is 0 Å².